The highest BCUT2D eigenvalue weighted by molar-refractivity contribution is 9.10. The van der Waals surface area contributed by atoms with Crippen LogP contribution in [-0.2, 0) is 10.0 Å². The molecule has 2 aromatic rings. The van der Waals surface area contributed by atoms with Gasteiger partial charge in [0.05, 0.1) is 19.0 Å². The lowest BCUT2D eigenvalue weighted by molar-refractivity contribution is 0.402. The van der Waals surface area contributed by atoms with Crippen LogP contribution in [0, 0.1) is 0 Å². The van der Waals surface area contributed by atoms with E-state index < -0.39 is 10.0 Å². The quantitative estimate of drug-likeness (QED) is 0.811. The number of halogens is 1. The van der Waals surface area contributed by atoms with Gasteiger partial charge in [-0.05, 0) is 37.3 Å². The lowest BCUT2D eigenvalue weighted by Crippen LogP contribution is -2.31. The van der Waals surface area contributed by atoms with Gasteiger partial charge < -0.3 is 4.74 Å². The van der Waals surface area contributed by atoms with Crippen LogP contribution in [0.5, 0.6) is 5.75 Å². The predicted molar refractivity (Wildman–Crippen MR) is 85.1 cm³/mol. The largest absolute Gasteiger partial charge is 0.495 e. The van der Waals surface area contributed by atoms with Crippen LogP contribution in [0.2, 0.25) is 0 Å². The van der Waals surface area contributed by atoms with E-state index in [2.05, 4.69) is 20.9 Å². The fourth-order valence-corrected chi connectivity index (χ4v) is 4.12. The molecule has 2 rings (SSSR count). The van der Waals surface area contributed by atoms with E-state index in [4.69, 9.17) is 4.74 Å². The Balaban J connectivity index is 2.58. The Morgan fingerprint density at radius 3 is 2.67 bits per heavy atom. The Kier molecular flexibility index (Phi) is 4.84. The minimum Gasteiger partial charge on any atom is -0.495 e. The summed E-state index contributed by atoms with van der Waals surface area (Å²) in [6.45, 7) is 2.07. The molecule has 0 aliphatic rings. The number of hydrogen-bond acceptors (Lipinski definition) is 4. The van der Waals surface area contributed by atoms with E-state index in [1.54, 1.807) is 37.4 Å². The van der Waals surface area contributed by atoms with Gasteiger partial charge in [-0.3, -0.25) is 9.29 Å². The van der Waals surface area contributed by atoms with Crippen molar-refractivity contribution in [1.82, 2.24) is 4.98 Å². The summed E-state index contributed by atoms with van der Waals surface area (Å²) in [6, 6.07) is 8.30. The highest BCUT2D eigenvalue weighted by Crippen LogP contribution is 2.31. The second-order valence-electron chi connectivity index (χ2n) is 4.18. The molecule has 112 valence electrons. The summed E-state index contributed by atoms with van der Waals surface area (Å²) >= 11 is 3.29. The van der Waals surface area contributed by atoms with Crippen LogP contribution in [0.3, 0.4) is 0 Å². The number of aromatic nitrogens is 1. The van der Waals surface area contributed by atoms with Crippen LogP contribution in [0.15, 0.2) is 52.1 Å². The maximum absolute atomic E-state index is 12.9. The van der Waals surface area contributed by atoms with E-state index in [1.807, 2.05) is 0 Å². The number of rotatable bonds is 5. The van der Waals surface area contributed by atoms with Crippen molar-refractivity contribution in [1.29, 1.82) is 0 Å². The third-order valence-corrected chi connectivity index (χ3v) is 5.33. The molecule has 0 atom stereocenters. The highest BCUT2D eigenvalue weighted by atomic mass is 79.9. The zero-order valence-corrected chi connectivity index (χ0v) is 14.1. The molecule has 1 aromatic carbocycles. The molecular weight excluding hydrogens is 356 g/mol. The van der Waals surface area contributed by atoms with Crippen molar-refractivity contribution in [2.75, 3.05) is 18.0 Å². The predicted octanol–water partition coefficient (Wildman–Crippen LogP) is 3.07. The molecule has 0 spiro atoms. The monoisotopic (exact) mass is 370 g/mol. The first-order valence-electron chi connectivity index (χ1n) is 6.27. The molecule has 7 heteroatoms. The fourth-order valence-electron chi connectivity index (χ4n) is 1.96. The first-order chi connectivity index (χ1) is 10.0. The van der Waals surface area contributed by atoms with Crippen LogP contribution in [-0.4, -0.2) is 27.1 Å². The molecule has 0 bridgehead atoms. The zero-order valence-electron chi connectivity index (χ0n) is 11.7. The molecule has 5 nitrogen and oxygen atoms in total. The van der Waals surface area contributed by atoms with Gasteiger partial charge in [0.15, 0.2) is 0 Å². The lowest BCUT2D eigenvalue weighted by atomic mass is 10.3. The molecule has 0 aliphatic heterocycles. The summed E-state index contributed by atoms with van der Waals surface area (Å²) in [7, 11) is -2.28. The number of ether oxygens (including phenoxy) is 1. The molecule has 0 amide bonds. The van der Waals surface area contributed by atoms with E-state index in [0.29, 0.717) is 22.5 Å². The highest BCUT2D eigenvalue weighted by Gasteiger charge is 2.27. The van der Waals surface area contributed by atoms with Crippen LogP contribution in [0.1, 0.15) is 6.92 Å². The Morgan fingerprint density at radius 2 is 2.10 bits per heavy atom. The van der Waals surface area contributed by atoms with E-state index in [1.165, 1.54) is 23.7 Å². The Morgan fingerprint density at radius 1 is 1.33 bits per heavy atom. The molecular formula is C14H15BrN2O3S. The second-order valence-corrected chi connectivity index (χ2v) is 6.92. The molecule has 0 fully saturated rings. The average molecular weight is 371 g/mol. The van der Waals surface area contributed by atoms with Gasteiger partial charge >= 0.3 is 0 Å². The van der Waals surface area contributed by atoms with Crippen LogP contribution in [0.25, 0.3) is 0 Å². The van der Waals surface area contributed by atoms with Gasteiger partial charge in [-0.2, -0.15) is 0 Å². The molecule has 0 radical (unpaired) electrons. The molecule has 1 aromatic heterocycles. The zero-order chi connectivity index (χ0) is 15.5. The minimum atomic E-state index is -3.73. The molecule has 1 heterocycles. The Hall–Kier alpha value is -1.60. The molecule has 0 aliphatic carbocycles. The maximum atomic E-state index is 12.9. The number of nitrogens with zero attached hydrogens (tertiary/aromatic N) is 2. The smallest absolute Gasteiger partial charge is 0.268 e. The van der Waals surface area contributed by atoms with Crippen molar-refractivity contribution < 1.29 is 13.2 Å². The van der Waals surface area contributed by atoms with Gasteiger partial charge in [-0.15, -0.1) is 0 Å². The summed E-state index contributed by atoms with van der Waals surface area (Å²) in [5.41, 5.74) is 0.516. The lowest BCUT2D eigenvalue weighted by Gasteiger charge is -2.23. The van der Waals surface area contributed by atoms with E-state index >= 15 is 0 Å². The van der Waals surface area contributed by atoms with Crippen molar-refractivity contribution >= 4 is 31.6 Å². The molecule has 21 heavy (non-hydrogen) atoms. The van der Waals surface area contributed by atoms with Crippen molar-refractivity contribution in [3.8, 4) is 5.75 Å². The summed E-state index contributed by atoms with van der Waals surface area (Å²) in [5.74, 6) is 0.306. The summed E-state index contributed by atoms with van der Waals surface area (Å²) < 4.78 is 32.9. The van der Waals surface area contributed by atoms with Crippen molar-refractivity contribution in [3.63, 3.8) is 0 Å². The van der Waals surface area contributed by atoms with Crippen LogP contribution in [0.4, 0.5) is 5.69 Å². The third kappa shape index (κ3) is 3.19. The number of pyridine rings is 1. The SMILES string of the molecule is CCN(c1cccnc1)S(=O)(=O)c1cc(Br)ccc1OC. The fraction of sp³-hybridized carbons (Fsp3) is 0.214. The molecule has 0 saturated carbocycles. The molecule has 0 saturated heterocycles. The number of sulfonamides is 1. The van der Waals surface area contributed by atoms with Gasteiger partial charge in [0.25, 0.3) is 10.0 Å². The van der Waals surface area contributed by atoms with Gasteiger partial charge in [0.1, 0.15) is 10.6 Å². The summed E-state index contributed by atoms with van der Waals surface area (Å²) in [6.07, 6.45) is 3.12. The third-order valence-electron chi connectivity index (χ3n) is 2.91. The molecule has 0 unspecified atom stereocenters. The van der Waals surface area contributed by atoms with Crippen molar-refractivity contribution in [3.05, 3.63) is 47.2 Å². The van der Waals surface area contributed by atoms with Gasteiger partial charge in [0, 0.05) is 17.2 Å². The van der Waals surface area contributed by atoms with Crippen LogP contribution < -0.4 is 9.04 Å². The molecule has 0 N–H and O–H groups in total. The number of hydrogen-bond donors (Lipinski definition) is 0. The van der Waals surface area contributed by atoms with Gasteiger partial charge in [-0.1, -0.05) is 15.9 Å². The first-order valence-corrected chi connectivity index (χ1v) is 8.50. The Labute approximate surface area is 132 Å². The van der Waals surface area contributed by atoms with Gasteiger partial charge in [0.2, 0.25) is 0 Å². The van der Waals surface area contributed by atoms with E-state index in [9.17, 15) is 8.42 Å². The van der Waals surface area contributed by atoms with Crippen LogP contribution >= 0.6 is 15.9 Å². The maximum Gasteiger partial charge on any atom is 0.268 e. The normalized spacial score (nSPS) is 11.2. The average Bonchev–Trinajstić information content (AvgIpc) is 2.49. The number of methoxy groups -OCH3 is 1. The number of anilines is 1. The number of benzene rings is 1. The minimum absolute atomic E-state index is 0.116. The van der Waals surface area contributed by atoms with Crippen molar-refractivity contribution in [2.24, 2.45) is 0 Å². The van der Waals surface area contributed by atoms with Gasteiger partial charge in [-0.25, -0.2) is 8.42 Å². The topological polar surface area (TPSA) is 59.5 Å². The first kappa shape index (κ1) is 15.8. The van der Waals surface area contributed by atoms with E-state index in [0.717, 1.165) is 0 Å². The second kappa shape index (κ2) is 6.44. The summed E-state index contributed by atoms with van der Waals surface area (Å²) in [4.78, 5) is 4.09. The van der Waals surface area contributed by atoms with E-state index in [-0.39, 0.29) is 4.90 Å². The van der Waals surface area contributed by atoms with Crippen molar-refractivity contribution in [2.45, 2.75) is 11.8 Å². The Bertz CT molecular complexity index is 720. The summed E-state index contributed by atoms with van der Waals surface area (Å²) in [5, 5.41) is 0. The standard InChI is InChI=1S/C14H15BrN2O3S/c1-3-17(12-5-4-8-16-10-12)21(18,19)14-9-11(15)6-7-13(14)20-2/h4-10H,3H2,1-2H3.